The summed E-state index contributed by atoms with van der Waals surface area (Å²) in [4.78, 5) is 31.7. The van der Waals surface area contributed by atoms with Crippen molar-refractivity contribution in [3.63, 3.8) is 0 Å². The van der Waals surface area contributed by atoms with Crippen LogP contribution in [-0.4, -0.2) is 73.8 Å². The number of carbonyl (C=O) groups excluding carboxylic acids is 2. The first-order chi connectivity index (χ1) is 18.4. The summed E-state index contributed by atoms with van der Waals surface area (Å²) < 4.78 is 2.01. The summed E-state index contributed by atoms with van der Waals surface area (Å²) in [6, 6.07) is 9.36. The van der Waals surface area contributed by atoms with E-state index in [2.05, 4.69) is 43.1 Å². The van der Waals surface area contributed by atoms with E-state index in [1.54, 1.807) is 0 Å². The molecule has 2 amide bonds. The third kappa shape index (κ3) is 4.89. The highest BCUT2D eigenvalue weighted by molar-refractivity contribution is 6.00. The minimum atomic E-state index is -0.826. The van der Waals surface area contributed by atoms with Crippen molar-refractivity contribution in [2.45, 2.75) is 96.4 Å². The van der Waals surface area contributed by atoms with Gasteiger partial charge in [-0.15, -0.1) is 0 Å². The van der Waals surface area contributed by atoms with Crippen molar-refractivity contribution in [3.8, 4) is 5.69 Å². The number of piperidine rings is 1. The summed E-state index contributed by atoms with van der Waals surface area (Å²) in [5.74, 6) is -0.0858. The molecule has 3 fully saturated rings. The Hall–Kier alpha value is -2.71. The number of rotatable bonds is 8. The number of aromatic nitrogens is 2. The second-order valence-corrected chi connectivity index (χ2v) is 11.5. The summed E-state index contributed by atoms with van der Waals surface area (Å²) in [7, 11) is 0. The summed E-state index contributed by atoms with van der Waals surface area (Å²) in [5.41, 5.74) is 3.60. The molecule has 3 heterocycles. The molecule has 0 unspecified atom stereocenters. The first-order valence-corrected chi connectivity index (χ1v) is 14.5. The average molecular weight is 522 g/mol. The van der Waals surface area contributed by atoms with Crippen LogP contribution in [0.4, 0.5) is 0 Å². The van der Waals surface area contributed by atoms with Gasteiger partial charge in [-0.1, -0.05) is 44.4 Å². The second kappa shape index (κ2) is 11.2. The number of aliphatic hydroxyl groups excluding tert-OH is 1. The van der Waals surface area contributed by atoms with Gasteiger partial charge in [0.05, 0.1) is 17.5 Å². The van der Waals surface area contributed by atoms with Gasteiger partial charge in [0.1, 0.15) is 11.6 Å². The zero-order chi connectivity index (χ0) is 26.9. The van der Waals surface area contributed by atoms with Crippen molar-refractivity contribution >= 4 is 11.8 Å². The molecule has 2 atom stereocenters. The van der Waals surface area contributed by atoms with Crippen LogP contribution in [0.5, 0.6) is 0 Å². The Labute approximate surface area is 226 Å². The number of amides is 2. The quantitative estimate of drug-likeness (QED) is 0.555. The molecule has 2 N–H and O–H groups in total. The first-order valence-electron chi connectivity index (χ1n) is 14.5. The molecule has 2 saturated heterocycles. The number of likely N-dealkylation sites (tertiary alicyclic amines) is 1. The van der Waals surface area contributed by atoms with E-state index < -0.39 is 17.7 Å². The molecule has 38 heavy (non-hydrogen) atoms. The summed E-state index contributed by atoms with van der Waals surface area (Å²) in [6.07, 6.45) is 6.23. The van der Waals surface area contributed by atoms with Crippen LogP contribution in [-0.2, 0) is 16.1 Å². The maximum absolute atomic E-state index is 13.8. The third-order valence-corrected chi connectivity index (χ3v) is 9.22. The van der Waals surface area contributed by atoms with Gasteiger partial charge in [0.15, 0.2) is 0 Å². The second-order valence-electron chi connectivity index (χ2n) is 11.5. The number of piperazine rings is 1. The summed E-state index contributed by atoms with van der Waals surface area (Å²) >= 11 is 0. The predicted octanol–water partition coefficient (Wildman–Crippen LogP) is 3.50. The lowest BCUT2D eigenvalue weighted by Crippen LogP contribution is -2.75. The Morgan fingerprint density at radius 3 is 2.45 bits per heavy atom. The first kappa shape index (κ1) is 26.9. The van der Waals surface area contributed by atoms with Crippen LogP contribution in [0.15, 0.2) is 30.3 Å². The van der Waals surface area contributed by atoms with Crippen molar-refractivity contribution in [2.24, 2.45) is 5.92 Å². The maximum Gasteiger partial charge on any atom is 0.248 e. The van der Waals surface area contributed by atoms with Crippen LogP contribution < -0.4 is 5.32 Å². The highest BCUT2D eigenvalue weighted by Crippen LogP contribution is 2.37. The standard InChI is InChI=1S/C30H43N5O3/c1-4-5-17-34-28(37)26(27(36)23-11-9-10-12-23)31-29(38)30(34)15-18-33(19-16-30)20-25-21(2)32-35(22(25)3)24-13-7-6-8-14-24/h6-8,13-14,23,26-27,36H,4-5,9-12,15-20H2,1-3H3,(H,31,38)/t26-,27-/m1/s1. The number of unbranched alkanes of at least 4 members (excludes halogenated alkanes) is 1. The van der Waals surface area contributed by atoms with Gasteiger partial charge in [-0.05, 0) is 64.0 Å². The normalized spacial score (nSPS) is 23.3. The molecule has 2 aliphatic heterocycles. The van der Waals surface area contributed by atoms with Gasteiger partial charge in [-0.25, -0.2) is 4.68 Å². The molecule has 1 aliphatic carbocycles. The Morgan fingerprint density at radius 1 is 1.11 bits per heavy atom. The summed E-state index contributed by atoms with van der Waals surface area (Å²) in [6.45, 7) is 9.08. The van der Waals surface area contributed by atoms with Crippen molar-refractivity contribution < 1.29 is 14.7 Å². The lowest BCUT2D eigenvalue weighted by Gasteiger charge is -2.52. The minimum absolute atomic E-state index is 0.0841. The van der Waals surface area contributed by atoms with Crippen molar-refractivity contribution in [1.82, 2.24) is 24.9 Å². The number of aliphatic hydroxyl groups is 1. The van der Waals surface area contributed by atoms with Crippen LogP contribution in [0.1, 0.15) is 75.2 Å². The molecule has 1 aromatic heterocycles. The maximum atomic E-state index is 13.8. The van der Waals surface area contributed by atoms with Crippen molar-refractivity contribution in [3.05, 3.63) is 47.3 Å². The number of aryl methyl sites for hydroxylation is 1. The SMILES string of the molecule is CCCCN1C(=O)[C@@H]([C@H](O)C2CCCC2)NC(=O)C12CCN(Cc1c(C)nn(-c3ccccc3)c1C)CC2. The molecule has 0 radical (unpaired) electrons. The lowest BCUT2D eigenvalue weighted by atomic mass is 9.80. The molecule has 1 aromatic carbocycles. The number of nitrogens with zero attached hydrogens (tertiary/aromatic N) is 4. The van der Waals surface area contributed by atoms with E-state index in [1.165, 1.54) is 5.56 Å². The van der Waals surface area contributed by atoms with Crippen LogP contribution in [0.25, 0.3) is 5.69 Å². The van der Waals surface area contributed by atoms with Crippen molar-refractivity contribution in [1.29, 1.82) is 0 Å². The van der Waals surface area contributed by atoms with Gasteiger partial charge < -0.3 is 15.3 Å². The fourth-order valence-electron chi connectivity index (χ4n) is 6.81. The van der Waals surface area contributed by atoms with Crippen LogP contribution >= 0.6 is 0 Å². The fourth-order valence-corrected chi connectivity index (χ4v) is 6.81. The Bertz CT molecular complexity index is 1130. The van der Waals surface area contributed by atoms with Crippen LogP contribution in [0.2, 0.25) is 0 Å². The van der Waals surface area contributed by atoms with E-state index in [-0.39, 0.29) is 17.7 Å². The highest BCUT2D eigenvalue weighted by Gasteiger charge is 2.55. The largest absolute Gasteiger partial charge is 0.390 e. The molecular formula is C30H43N5O3. The predicted molar refractivity (Wildman–Crippen MR) is 147 cm³/mol. The molecular weight excluding hydrogens is 478 g/mol. The Kier molecular flexibility index (Phi) is 7.91. The number of nitrogens with one attached hydrogen (secondary N) is 1. The molecule has 206 valence electrons. The Balaban J connectivity index is 1.31. The smallest absolute Gasteiger partial charge is 0.248 e. The fraction of sp³-hybridized carbons (Fsp3) is 0.633. The van der Waals surface area contributed by atoms with Crippen LogP contribution in [0.3, 0.4) is 0 Å². The van der Waals surface area contributed by atoms with Gasteiger partial charge in [-0.2, -0.15) is 5.10 Å². The highest BCUT2D eigenvalue weighted by atomic mass is 16.3. The number of hydrogen-bond acceptors (Lipinski definition) is 5. The minimum Gasteiger partial charge on any atom is -0.390 e. The number of carbonyl (C=O) groups is 2. The zero-order valence-corrected chi connectivity index (χ0v) is 23.2. The monoisotopic (exact) mass is 521 g/mol. The number of benzene rings is 1. The molecule has 8 heteroatoms. The summed E-state index contributed by atoms with van der Waals surface area (Å²) in [5, 5.41) is 18.9. The average Bonchev–Trinajstić information content (AvgIpc) is 3.57. The van der Waals surface area contributed by atoms with E-state index in [0.717, 1.165) is 75.2 Å². The van der Waals surface area contributed by atoms with E-state index in [4.69, 9.17) is 5.10 Å². The molecule has 1 saturated carbocycles. The van der Waals surface area contributed by atoms with Gasteiger partial charge in [0.2, 0.25) is 11.8 Å². The Morgan fingerprint density at radius 2 is 1.79 bits per heavy atom. The van der Waals surface area contributed by atoms with E-state index in [0.29, 0.717) is 19.4 Å². The number of para-hydroxylation sites is 1. The molecule has 3 aliphatic rings. The molecule has 1 spiro atoms. The molecule has 5 rings (SSSR count). The lowest BCUT2D eigenvalue weighted by molar-refractivity contribution is -0.165. The molecule has 2 aromatic rings. The van der Waals surface area contributed by atoms with Gasteiger partial charge in [-0.3, -0.25) is 14.5 Å². The van der Waals surface area contributed by atoms with Gasteiger partial charge >= 0.3 is 0 Å². The van der Waals surface area contributed by atoms with E-state index in [1.807, 2.05) is 27.8 Å². The van der Waals surface area contributed by atoms with Gasteiger partial charge in [0.25, 0.3) is 0 Å². The van der Waals surface area contributed by atoms with E-state index in [9.17, 15) is 14.7 Å². The van der Waals surface area contributed by atoms with Crippen LogP contribution in [0, 0.1) is 19.8 Å². The molecule has 8 nitrogen and oxygen atoms in total. The topological polar surface area (TPSA) is 90.7 Å². The van der Waals surface area contributed by atoms with E-state index >= 15 is 0 Å². The number of hydrogen-bond donors (Lipinski definition) is 2. The van der Waals surface area contributed by atoms with Gasteiger partial charge in [0, 0.05) is 37.4 Å². The van der Waals surface area contributed by atoms with Crippen molar-refractivity contribution in [2.75, 3.05) is 19.6 Å². The third-order valence-electron chi connectivity index (χ3n) is 9.22. The zero-order valence-electron chi connectivity index (χ0n) is 23.2. The molecule has 0 bridgehead atoms.